The zero-order valence-corrected chi connectivity index (χ0v) is 12.4. The summed E-state index contributed by atoms with van der Waals surface area (Å²) in [5, 5.41) is 2.60. The monoisotopic (exact) mass is 331 g/mol. The van der Waals surface area contributed by atoms with E-state index in [4.69, 9.17) is 0 Å². The van der Waals surface area contributed by atoms with Crippen LogP contribution in [0.4, 0.5) is 18.9 Å². The molecule has 0 unspecified atom stereocenters. The Morgan fingerprint density at radius 2 is 2.17 bits per heavy atom. The lowest BCUT2D eigenvalue weighted by molar-refractivity contribution is -0.154. The van der Waals surface area contributed by atoms with Crippen molar-refractivity contribution in [2.75, 3.05) is 18.5 Å². The zero-order chi connectivity index (χ0) is 17.0. The van der Waals surface area contributed by atoms with Crippen molar-refractivity contribution in [2.45, 2.75) is 32.0 Å². The van der Waals surface area contributed by atoms with Gasteiger partial charge in [-0.3, -0.25) is 9.59 Å². The average molecular weight is 331 g/mol. The van der Waals surface area contributed by atoms with Crippen LogP contribution in [0.1, 0.15) is 19.8 Å². The maximum Gasteiger partial charge on any atom is 0.422 e. The van der Waals surface area contributed by atoms with Gasteiger partial charge in [0.1, 0.15) is 6.04 Å². The quantitative estimate of drug-likeness (QED) is 0.916. The second kappa shape index (κ2) is 6.84. The summed E-state index contributed by atoms with van der Waals surface area (Å²) in [4.78, 5) is 28.8. The lowest BCUT2D eigenvalue weighted by Crippen LogP contribution is -2.42. The molecule has 23 heavy (non-hydrogen) atoms. The highest BCUT2D eigenvalue weighted by Crippen LogP contribution is 2.21. The minimum Gasteiger partial charge on any atom is -0.468 e. The van der Waals surface area contributed by atoms with E-state index < -0.39 is 18.8 Å². The number of amides is 2. The molecule has 1 N–H and O–H groups in total. The molecule has 0 saturated carbocycles. The molecule has 0 spiro atoms. The van der Waals surface area contributed by atoms with Gasteiger partial charge in [0.2, 0.25) is 17.7 Å². The maximum absolute atomic E-state index is 12.2. The second-order valence-electron chi connectivity index (χ2n) is 5.15. The van der Waals surface area contributed by atoms with Gasteiger partial charge in [-0.15, -0.1) is 0 Å². The molecule has 1 aromatic heterocycles. The van der Waals surface area contributed by atoms with Crippen molar-refractivity contribution < 1.29 is 27.5 Å². The van der Waals surface area contributed by atoms with Crippen molar-refractivity contribution in [3.63, 3.8) is 0 Å². The molecule has 2 rings (SSSR count). The number of halogens is 3. The SMILES string of the molecule is CC(=O)N1CCC[C@@H]1C(=O)Nc1ccc(OCC(F)(F)F)nc1. The minimum atomic E-state index is -4.44. The van der Waals surface area contributed by atoms with E-state index in [1.807, 2.05) is 0 Å². The molecular weight excluding hydrogens is 315 g/mol. The fraction of sp³-hybridized carbons (Fsp3) is 0.500. The first-order chi connectivity index (χ1) is 10.8. The largest absolute Gasteiger partial charge is 0.468 e. The number of alkyl halides is 3. The Morgan fingerprint density at radius 3 is 2.74 bits per heavy atom. The van der Waals surface area contributed by atoms with Gasteiger partial charge in [-0.1, -0.05) is 0 Å². The summed E-state index contributed by atoms with van der Waals surface area (Å²) in [6.07, 6.45) is -1.91. The Kier molecular flexibility index (Phi) is 5.07. The molecule has 1 aromatic rings. The first kappa shape index (κ1) is 17.0. The Morgan fingerprint density at radius 1 is 1.43 bits per heavy atom. The highest BCUT2D eigenvalue weighted by atomic mass is 19.4. The molecule has 6 nitrogen and oxygen atoms in total. The molecular formula is C14H16F3N3O3. The number of carbonyl (C=O) groups excluding carboxylic acids is 2. The van der Waals surface area contributed by atoms with Crippen LogP contribution in [0.15, 0.2) is 18.3 Å². The number of pyridine rings is 1. The topological polar surface area (TPSA) is 71.5 Å². The van der Waals surface area contributed by atoms with Gasteiger partial charge >= 0.3 is 6.18 Å². The number of carbonyl (C=O) groups is 2. The lowest BCUT2D eigenvalue weighted by atomic mass is 10.2. The second-order valence-corrected chi connectivity index (χ2v) is 5.15. The first-order valence-electron chi connectivity index (χ1n) is 7.00. The molecule has 1 saturated heterocycles. The smallest absolute Gasteiger partial charge is 0.422 e. The third-order valence-electron chi connectivity index (χ3n) is 3.35. The van der Waals surface area contributed by atoms with Crippen molar-refractivity contribution in [1.29, 1.82) is 0 Å². The van der Waals surface area contributed by atoms with Crippen LogP contribution in [-0.4, -0.2) is 47.1 Å². The van der Waals surface area contributed by atoms with E-state index in [-0.39, 0.29) is 17.7 Å². The van der Waals surface area contributed by atoms with Crippen LogP contribution < -0.4 is 10.1 Å². The standard InChI is InChI=1S/C14H16F3N3O3/c1-9(21)20-6-2-3-11(20)13(22)19-10-4-5-12(18-7-10)23-8-14(15,16)17/h4-5,7,11H,2-3,6,8H2,1H3,(H,19,22)/t11-/m1/s1. The average Bonchev–Trinajstić information content (AvgIpc) is 2.95. The first-order valence-corrected chi connectivity index (χ1v) is 7.00. The number of ether oxygens (including phenoxy) is 1. The predicted molar refractivity (Wildman–Crippen MR) is 74.8 cm³/mol. The van der Waals surface area contributed by atoms with E-state index in [1.54, 1.807) is 0 Å². The van der Waals surface area contributed by atoms with Gasteiger partial charge in [0.05, 0.1) is 11.9 Å². The van der Waals surface area contributed by atoms with Crippen molar-refractivity contribution in [1.82, 2.24) is 9.88 Å². The molecule has 9 heteroatoms. The molecule has 0 aromatic carbocycles. The van der Waals surface area contributed by atoms with Gasteiger partial charge in [-0.05, 0) is 18.9 Å². The van der Waals surface area contributed by atoms with E-state index in [0.717, 1.165) is 6.42 Å². The molecule has 1 fully saturated rings. The van der Waals surface area contributed by atoms with Crippen LogP contribution in [-0.2, 0) is 9.59 Å². The summed E-state index contributed by atoms with van der Waals surface area (Å²) >= 11 is 0. The highest BCUT2D eigenvalue weighted by molar-refractivity contribution is 5.97. The van der Waals surface area contributed by atoms with E-state index in [1.165, 1.54) is 30.2 Å². The van der Waals surface area contributed by atoms with Crippen molar-refractivity contribution in [2.24, 2.45) is 0 Å². The van der Waals surface area contributed by atoms with Crippen LogP contribution in [0.3, 0.4) is 0 Å². The van der Waals surface area contributed by atoms with Gasteiger partial charge < -0.3 is 15.0 Å². The third-order valence-corrected chi connectivity index (χ3v) is 3.35. The lowest BCUT2D eigenvalue weighted by Gasteiger charge is -2.22. The van der Waals surface area contributed by atoms with Crippen molar-refractivity contribution in [3.05, 3.63) is 18.3 Å². The molecule has 0 aliphatic carbocycles. The van der Waals surface area contributed by atoms with E-state index in [9.17, 15) is 22.8 Å². The van der Waals surface area contributed by atoms with Crippen LogP contribution >= 0.6 is 0 Å². The van der Waals surface area contributed by atoms with Crippen LogP contribution in [0.2, 0.25) is 0 Å². The summed E-state index contributed by atoms with van der Waals surface area (Å²) in [6.45, 7) is 0.511. The van der Waals surface area contributed by atoms with Crippen LogP contribution in [0, 0.1) is 0 Å². The number of aromatic nitrogens is 1. The number of nitrogens with zero attached hydrogens (tertiary/aromatic N) is 2. The maximum atomic E-state index is 12.2. The summed E-state index contributed by atoms with van der Waals surface area (Å²) in [7, 11) is 0. The highest BCUT2D eigenvalue weighted by Gasteiger charge is 2.32. The van der Waals surface area contributed by atoms with Gasteiger partial charge in [-0.25, -0.2) is 4.98 Å². The fourth-order valence-corrected chi connectivity index (χ4v) is 2.34. The van der Waals surface area contributed by atoms with Gasteiger partial charge in [0.15, 0.2) is 6.61 Å². The Labute approximate surface area is 130 Å². The van der Waals surface area contributed by atoms with E-state index in [0.29, 0.717) is 18.7 Å². The van der Waals surface area contributed by atoms with Crippen LogP contribution in [0.5, 0.6) is 5.88 Å². The van der Waals surface area contributed by atoms with Gasteiger partial charge in [0, 0.05) is 19.5 Å². The summed E-state index contributed by atoms with van der Waals surface area (Å²) in [5.41, 5.74) is 0.324. The molecule has 1 atom stereocenters. The number of hydrogen-bond acceptors (Lipinski definition) is 4. The van der Waals surface area contributed by atoms with Gasteiger partial charge in [0.25, 0.3) is 0 Å². The number of hydrogen-bond donors (Lipinski definition) is 1. The molecule has 0 bridgehead atoms. The minimum absolute atomic E-state index is 0.170. The third kappa shape index (κ3) is 4.83. The zero-order valence-electron chi connectivity index (χ0n) is 12.4. The summed E-state index contributed by atoms with van der Waals surface area (Å²) in [5.74, 6) is -0.702. The van der Waals surface area contributed by atoms with Gasteiger partial charge in [-0.2, -0.15) is 13.2 Å². The van der Waals surface area contributed by atoms with Crippen LogP contribution in [0.25, 0.3) is 0 Å². The number of rotatable bonds is 4. The summed E-state index contributed by atoms with van der Waals surface area (Å²) in [6, 6.07) is 2.09. The Balaban J connectivity index is 1.93. The Bertz CT molecular complexity index is 575. The normalized spacial score (nSPS) is 17.9. The van der Waals surface area contributed by atoms with E-state index >= 15 is 0 Å². The molecule has 1 aliphatic rings. The number of nitrogens with one attached hydrogen (secondary N) is 1. The predicted octanol–water partition coefficient (Wildman–Crippen LogP) is 1.97. The van der Waals surface area contributed by atoms with Crippen molar-refractivity contribution in [3.8, 4) is 5.88 Å². The molecule has 2 amide bonds. The Hall–Kier alpha value is -2.32. The fourth-order valence-electron chi connectivity index (χ4n) is 2.34. The van der Waals surface area contributed by atoms with Crippen molar-refractivity contribution >= 4 is 17.5 Å². The summed E-state index contributed by atoms with van der Waals surface area (Å²) < 4.78 is 40.6. The molecule has 126 valence electrons. The number of likely N-dealkylation sites (tertiary alicyclic amines) is 1. The van der Waals surface area contributed by atoms with E-state index in [2.05, 4.69) is 15.0 Å². The number of anilines is 1. The molecule has 0 radical (unpaired) electrons. The molecule has 2 heterocycles. The molecule has 1 aliphatic heterocycles.